The van der Waals surface area contributed by atoms with Crippen molar-refractivity contribution in [3.8, 4) is 0 Å². The molecule has 0 spiro atoms. The van der Waals surface area contributed by atoms with E-state index in [0.717, 1.165) is 26.2 Å². The molecule has 2 heterocycles. The molecule has 0 N–H and O–H groups in total. The second-order valence-electron chi connectivity index (χ2n) is 7.59. The molecule has 1 amide bonds. The Hall–Kier alpha value is -2.21. The first kappa shape index (κ1) is 17.6. The van der Waals surface area contributed by atoms with Gasteiger partial charge in [-0.05, 0) is 5.56 Å². The molecule has 3 rings (SSSR count). The van der Waals surface area contributed by atoms with Crippen molar-refractivity contribution in [3.05, 3.63) is 47.6 Å². The van der Waals surface area contributed by atoms with Gasteiger partial charge in [-0.3, -0.25) is 9.69 Å². The van der Waals surface area contributed by atoms with Crippen LogP contribution in [0.5, 0.6) is 0 Å². The van der Waals surface area contributed by atoms with Crippen LogP contribution in [0, 0.1) is 5.41 Å². The Morgan fingerprint density at radius 1 is 1.12 bits per heavy atom. The summed E-state index contributed by atoms with van der Waals surface area (Å²) in [5, 5.41) is 4.08. The van der Waals surface area contributed by atoms with Crippen LogP contribution in [0.25, 0.3) is 0 Å². The number of carbonyl (C=O) groups excluding carboxylic acids is 1. The molecular weight excluding hydrogens is 316 g/mol. The van der Waals surface area contributed by atoms with Crippen molar-refractivity contribution >= 4 is 5.91 Å². The van der Waals surface area contributed by atoms with E-state index >= 15 is 0 Å². The molecule has 0 saturated carbocycles. The number of carbonyl (C=O) groups is 1. The van der Waals surface area contributed by atoms with Crippen molar-refractivity contribution in [2.75, 3.05) is 26.2 Å². The Morgan fingerprint density at radius 3 is 2.44 bits per heavy atom. The average Bonchev–Trinajstić information content (AvgIpc) is 3.02. The topological polar surface area (TPSA) is 62.5 Å². The number of rotatable bonds is 4. The van der Waals surface area contributed by atoms with Gasteiger partial charge < -0.3 is 9.42 Å². The largest absolute Gasteiger partial charge is 0.340 e. The fraction of sp³-hybridized carbons (Fsp3) is 0.526. The highest BCUT2D eigenvalue weighted by Crippen LogP contribution is 2.19. The summed E-state index contributed by atoms with van der Waals surface area (Å²) < 4.78 is 5.38. The number of piperazine rings is 1. The number of benzene rings is 1. The molecule has 1 aliphatic rings. The number of hydrogen-bond donors (Lipinski definition) is 0. The maximum atomic E-state index is 12.3. The molecule has 1 saturated heterocycles. The molecule has 0 unspecified atom stereocenters. The Bertz CT molecular complexity index is 698. The summed E-state index contributed by atoms with van der Waals surface area (Å²) in [6.07, 6.45) is 0.679. The molecule has 0 atom stereocenters. The minimum absolute atomic E-state index is 0.218. The molecule has 1 aliphatic heterocycles. The monoisotopic (exact) mass is 342 g/mol. The zero-order valence-corrected chi connectivity index (χ0v) is 15.2. The highest BCUT2D eigenvalue weighted by atomic mass is 16.5. The lowest BCUT2D eigenvalue weighted by atomic mass is 9.94. The van der Waals surface area contributed by atoms with Crippen molar-refractivity contribution in [3.63, 3.8) is 0 Å². The van der Waals surface area contributed by atoms with Crippen molar-refractivity contribution in [2.24, 2.45) is 5.41 Å². The van der Waals surface area contributed by atoms with Crippen LogP contribution in [0.1, 0.15) is 38.0 Å². The van der Waals surface area contributed by atoms with Crippen LogP contribution in [0.15, 0.2) is 34.9 Å². The smallest absolute Gasteiger partial charge is 0.240 e. The first-order chi connectivity index (χ1) is 11.9. The van der Waals surface area contributed by atoms with Gasteiger partial charge in [0.25, 0.3) is 0 Å². The first-order valence-corrected chi connectivity index (χ1v) is 8.79. The average molecular weight is 342 g/mol. The quantitative estimate of drug-likeness (QED) is 0.853. The van der Waals surface area contributed by atoms with Crippen molar-refractivity contribution in [2.45, 2.75) is 33.7 Å². The van der Waals surface area contributed by atoms with Crippen molar-refractivity contribution in [1.29, 1.82) is 0 Å². The Labute approximate surface area is 148 Å². The highest BCUT2D eigenvalue weighted by Gasteiger charge is 2.30. The van der Waals surface area contributed by atoms with Gasteiger partial charge in [0.15, 0.2) is 5.82 Å². The van der Waals surface area contributed by atoms with E-state index in [-0.39, 0.29) is 11.3 Å². The van der Waals surface area contributed by atoms with E-state index in [4.69, 9.17) is 4.52 Å². The number of aromatic nitrogens is 2. The third-order valence-electron chi connectivity index (χ3n) is 4.38. The minimum atomic E-state index is -0.318. The molecule has 1 aromatic heterocycles. The van der Waals surface area contributed by atoms with E-state index < -0.39 is 0 Å². The summed E-state index contributed by atoms with van der Waals surface area (Å²) in [6, 6.07) is 10.1. The maximum Gasteiger partial charge on any atom is 0.240 e. The molecule has 0 bridgehead atoms. The van der Waals surface area contributed by atoms with Gasteiger partial charge in [-0.25, -0.2) is 0 Å². The van der Waals surface area contributed by atoms with Gasteiger partial charge in [0.2, 0.25) is 11.8 Å². The molecule has 134 valence electrons. The summed E-state index contributed by atoms with van der Waals surface area (Å²) in [7, 11) is 0. The lowest BCUT2D eigenvalue weighted by molar-refractivity contribution is -0.141. The van der Waals surface area contributed by atoms with Crippen LogP contribution in [0.4, 0.5) is 0 Å². The highest BCUT2D eigenvalue weighted by molar-refractivity contribution is 5.81. The molecule has 6 nitrogen and oxygen atoms in total. The summed E-state index contributed by atoms with van der Waals surface area (Å²) in [4.78, 5) is 21.0. The van der Waals surface area contributed by atoms with Crippen LogP contribution < -0.4 is 0 Å². The van der Waals surface area contributed by atoms with Crippen LogP contribution in [0.2, 0.25) is 0 Å². The SMILES string of the molecule is CC(C)(C)C(=O)N1CCN(Cc2nc(Cc3ccccc3)no2)CC1. The zero-order valence-electron chi connectivity index (χ0n) is 15.2. The molecule has 25 heavy (non-hydrogen) atoms. The van der Waals surface area contributed by atoms with E-state index in [1.54, 1.807) is 0 Å². The third kappa shape index (κ3) is 4.66. The van der Waals surface area contributed by atoms with Gasteiger partial charge in [0.1, 0.15) is 0 Å². The molecule has 0 radical (unpaired) electrons. The van der Waals surface area contributed by atoms with Crippen LogP contribution in [-0.2, 0) is 17.8 Å². The molecule has 1 fully saturated rings. The normalized spacial score (nSPS) is 16.2. The Balaban J connectivity index is 1.50. The van der Waals surface area contributed by atoms with E-state index in [0.29, 0.717) is 24.7 Å². The Morgan fingerprint density at radius 2 is 1.80 bits per heavy atom. The van der Waals surface area contributed by atoms with Crippen molar-refractivity contribution in [1.82, 2.24) is 19.9 Å². The van der Waals surface area contributed by atoms with Gasteiger partial charge in [-0.15, -0.1) is 0 Å². The van der Waals surface area contributed by atoms with Gasteiger partial charge in [-0.1, -0.05) is 56.3 Å². The zero-order chi connectivity index (χ0) is 17.9. The molecule has 0 aliphatic carbocycles. The number of amides is 1. The fourth-order valence-corrected chi connectivity index (χ4v) is 2.98. The number of hydrogen-bond acceptors (Lipinski definition) is 5. The fourth-order valence-electron chi connectivity index (χ4n) is 2.98. The van der Waals surface area contributed by atoms with Crippen LogP contribution in [-0.4, -0.2) is 52.0 Å². The van der Waals surface area contributed by atoms with Gasteiger partial charge in [0.05, 0.1) is 6.54 Å². The van der Waals surface area contributed by atoms with Gasteiger partial charge in [0, 0.05) is 38.0 Å². The van der Waals surface area contributed by atoms with Crippen molar-refractivity contribution < 1.29 is 9.32 Å². The van der Waals surface area contributed by atoms with Gasteiger partial charge in [-0.2, -0.15) is 4.98 Å². The Kier molecular flexibility index (Phi) is 5.18. The summed E-state index contributed by atoms with van der Waals surface area (Å²) in [5.41, 5.74) is 0.852. The third-order valence-corrected chi connectivity index (χ3v) is 4.38. The molecule has 1 aromatic carbocycles. The lowest BCUT2D eigenvalue weighted by Gasteiger charge is -2.37. The van der Waals surface area contributed by atoms with E-state index in [9.17, 15) is 4.79 Å². The number of nitrogens with zero attached hydrogens (tertiary/aromatic N) is 4. The maximum absolute atomic E-state index is 12.3. The van der Waals surface area contributed by atoms with E-state index in [1.807, 2.05) is 43.9 Å². The summed E-state index contributed by atoms with van der Waals surface area (Å²) in [5.74, 6) is 1.57. The second kappa shape index (κ2) is 7.35. The van der Waals surface area contributed by atoms with E-state index in [2.05, 4.69) is 27.2 Å². The molecular formula is C19H26N4O2. The lowest BCUT2D eigenvalue weighted by Crippen LogP contribution is -2.51. The predicted molar refractivity (Wildman–Crippen MR) is 94.9 cm³/mol. The van der Waals surface area contributed by atoms with Gasteiger partial charge >= 0.3 is 0 Å². The minimum Gasteiger partial charge on any atom is -0.340 e. The second-order valence-corrected chi connectivity index (χ2v) is 7.59. The summed E-state index contributed by atoms with van der Waals surface area (Å²) >= 11 is 0. The standard InChI is InChI=1S/C19H26N4O2/c1-19(2,3)18(24)23-11-9-22(10-12-23)14-17-20-16(21-25-17)13-15-7-5-4-6-8-15/h4-8H,9-14H2,1-3H3. The van der Waals surface area contributed by atoms with Crippen LogP contribution >= 0.6 is 0 Å². The first-order valence-electron chi connectivity index (χ1n) is 8.79. The predicted octanol–water partition coefficient (Wildman–Crippen LogP) is 2.35. The van der Waals surface area contributed by atoms with E-state index in [1.165, 1.54) is 5.56 Å². The summed E-state index contributed by atoms with van der Waals surface area (Å²) in [6.45, 7) is 9.70. The van der Waals surface area contributed by atoms with Crippen LogP contribution in [0.3, 0.4) is 0 Å². The molecule has 2 aromatic rings. The molecule has 6 heteroatoms.